The zero-order valence-corrected chi connectivity index (χ0v) is 12.5. The summed E-state index contributed by atoms with van der Waals surface area (Å²) in [6, 6.07) is 5.26. The van der Waals surface area contributed by atoms with Gasteiger partial charge >= 0.3 is 5.97 Å². The Morgan fingerprint density at radius 1 is 1.29 bits per heavy atom. The minimum absolute atomic E-state index is 0.109. The van der Waals surface area contributed by atoms with Crippen LogP contribution >= 0.6 is 0 Å². The maximum atomic E-state index is 11.7. The molecular weight excluding hydrogens is 270 g/mol. The fraction of sp³-hybridized carbons (Fsp3) is 0.500. The second-order valence-electron chi connectivity index (χ2n) is 5.11. The van der Waals surface area contributed by atoms with Crippen LogP contribution in [0.25, 0.3) is 0 Å². The van der Waals surface area contributed by atoms with Gasteiger partial charge in [-0.2, -0.15) is 0 Å². The molecule has 1 unspecified atom stereocenters. The molecule has 0 saturated carbocycles. The Morgan fingerprint density at radius 2 is 2.05 bits per heavy atom. The summed E-state index contributed by atoms with van der Waals surface area (Å²) in [5, 5.41) is 2.55. The van der Waals surface area contributed by atoms with Gasteiger partial charge in [0.2, 0.25) is 0 Å². The maximum absolute atomic E-state index is 11.7. The molecule has 0 bridgehead atoms. The van der Waals surface area contributed by atoms with Gasteiger partial charge < -0.3 is 14.8 Å². The zero-order chi connectivity index (χ0) is 15.2. The van der Waals surface area contributed by atoms with Gasteiger partial charge in [0.15, 0.2) is 6.61 Å². The van der Waals surface area contributed by atoms with Gasteiger partial charge in [0.25, 0.3) is 5.91 Å². The molecule has 0 heterocycles. The van der Waals surface area contributed by atoms with Gasteiger partial charge in [-0.3, -0.25) is 4.79 Å². The number of carbonyl (C=O) groups excluding carboxylic acids is 2. The Balaban J connectivity index is 1.80. The van der Waals surface area contributed by atoms with Crippen molar-refractivity contribution < 1.29 is 19.1 Å². The SMILES string of the molecule is CCOC(=O)C(C)NC(=O)COc1ccc2c(c1)CCC2. The van der Waals surface area contributed by atoms with Crippen molar-refractivity contribution in [2.24, 2.45) is 0 Å². The van der Waals surface area contributed by atoms with Crippen LogP contribution in [0.1, 0.15) is 31.4 Å². The number of benzene rings is 1. The van der Waals surface area contributed by atoms with Crippen molar-refractivity contribution in [1.82, 2.24) is 5.32 Å². The number of fused-ring (bicyclic) bond motifs is 1. The van der Waals surface area contributed by atoms with Gasteiger partial charge in [-0.1, -0.05) is 6.07 Å². The fourth-order valence-corrected chi connectivity index (χ4v) is 2.40. The molecule has 0 radical (unpaired) electrons. The second kappa shape index (κ2) is 7.11. The first kappa shape index (κ1) is 15.4. The van der Waals surface area contributed by atoms with E-state index in [-0.39, 0.29) is 12.5 Å². The average molecular weight is 291 g/mol. The first-order valence-electron chi connectivity index (χ1n) is 7.30. The minimum Gasteiger partial charge on any atom is -0.484 e. The standard InChI is InChI=1S/C16H21NO4/c1-3-20-16(19)11(2)17-15(18)10-21-14-8-7-12-5-4-6-13(12)9-14/h7-9,11H,3-6,10H2,1-2H3,(H,17,18). The predicted octanol–water partition coefficient (Wildman–Crippen LogP) is 1.62. The molecule has 5 heteroatoms. The molecule has 0 aliphatic heterocycles. The maximum Gasteiger partial charge on any atom is 0.328 e. The molecule has 21 heavy (non-hydrogen) atoms. The summed E-state index contributed by atoms with van der Waals surface area (Å²) in [6.07, 6.45) is 3.36. The van der Waals surface area contributed by atoms with Crippen molar-refractivity contribution in [3.8, 4) is 5.75 Å². The van der Waals surface area contributed by atoms with Gasteiger partial charge in [0.05, 0.1) is 6.61 Å². The number of amides is 1. The van der Waals surface area contributed by atoms with E-state index in [1.165, 1.54) is 17.5 Å². The van der Waals surface area contributed by atoms with E-state index in [9.17, 15) is 9.59 Å². The summed E-state index contributed by atoms with van der Waals surface area (Å²) in [5.74, 6) is -0.0889. The molecule has 1 N–H and O–H groups in total. The molecule has 1 aromatic rings. The molecular formula is C16H21NO4. The first-order chi connectivity index (χ1) is 10.1. The minimum atomic E-state index is -0.666. The third-order valence-corrected chi connectivity index (χ3v) is 3.46. The summed E-state index contributed by atoms with van der Waals surface area (Å²) >= 11 is 0. The van der Waals surface area contributed by atoms with Crippen LogP contribution in [0.15, 0.2) is 18.2 Å². The number of rotatable bonds is 6. The number of hydrogen-bond donors (Lipinski definition) is 1. The Kier molecular flexibility index (Phi) is 5.20. The van der Waals surface area contributed by atoms with E-state index in [1.54, 1.807) is 13.8 Å². The summed E-state index contributed by atoms with van der Waals surface area (Å²) in [7, 11) is 0. The van der Waals surface area contributed by atoms with Crippen LogP contribution in [0.2, 0.25) is 0 Å². The van der Waals surface area contributed by atoms with Crippen molar-refractivity contribution in [3.05, 3.63) is 29.3 Å². The number of hydrogen-bond acceptors (Lipinski definition) is 4. The first-order valence-corrected chi connectivity index (χ1v) is 7.30. The van der Waals surface area contributed by atoms with Crippen molar-refractivity contribution >= 4 is 11.9 Å². The molecule has 1 aliphatic carbocycles. The molecule has 114 valence electrons. The topological polar surface area (TPSA) is 64.6 Å². The number of ether oxygens (including phenoxy) is 2. The Morgan fingerprint density at radius 3 is 2.81 bits per heavy atom. The Bertz CT molecular complexity index is 527. The van der Waals surface area contributed by atoms with E-state index < -0.39 is 12.0 Å². The number of aryl methyl sites for hydroxylation is 2. The van der Waals surface area contributed by atoms with Gasteiger partial charge in [0.1, 0.15) is 11.8 Å². The van der Waals surface area contributed by atoms with Gasteiger partial charge in [-0.15, -0.1) is 0 Å². The van der Waals surface area contributed by atoms with E-state index in [1.807, 2.05) is 12.1 Å². The van der Waals surface area contributed by atoms with Crippen LogP contribution in [0, 0.1) is 0 Å². The van der Waals surface area contributed by atoms with Crippen LogP contribution in [0.5, 0.6) is 5.75 Å². The molecule has 0 fully saturated rings. The molecule has 0 aromatic heterocycles. The highest BCUT2D eigenvalue weighted by Gasteiger charge is 2.17. The molecule has 0 spiro atoms. The molecule has 2 rings (SSSR count). The Hall–Kier alpha value is -2.04. The predicted molar refractivity (Wildman–Crippen MR) is 78.2 cm³/mol. The highest BCUT2D eigenvalue weighted by Crippen LogP contribution is 2.25. The van der Waals surface area contributed by atoms with Crippen molar-refractivity contribution in [1.29, 1.82) is 0 Å². The molecule has 1 aliphatic rings. The summed E-state index contributed by atoms with van der Waals surface area (Å²) < 4.78 is 10.3. The molecule has 0 saturated heterocycles. The van der Waals surface area contributed by atoms with Crippen molar-refractivity contribution in [2.45, 2.75) is 39.2 Å². The fourth-order valence-electron chi connectivity index (χ4n) is 2.40. The molecule has 5 nitrogen and oxygen atoms in total. The summed E-state index contributed by atoms with van der Waals surface area (Å²) in [6.45, 7) is 3.50. The normalized spacial score (nSPS) is 14.2. The van der Waals surface area contributed by atoms with Crippen LogP contribution in [-0.2, 0) is 27.2 Å². The monoisotopic (exact) mass is 291 g/mol. The quantitative estimate of drug-likeness (QED) is 0.809. The molecule has 1 atom stereocenters. The molecule has 1 amide bonds. The zero-order valence-electron chi connectivity index (χ0n) is 12.5. The number of esters is 1. The van der Waals surface area contributed by atoms with E-state index in [4.69, 9.17) is 9.47 Å². The van der Waals surface area contributed by atoms with E-state index in [2.05, 4.69) is 11.4 Å². The number of carbonyl (C=O) groups is 2. The van der Waals surface area contributed by atoms with Gasteiger partial charge in [-0.05, 0) is 56.4 Å². The largest absolute Gasteiger partial charge is 0.484 e. The third-order valence-electron chi connectivity index (χ3n) is 3.46. The number of nitrogens with one attached hydrogen (secondary N) is 1. The highest BCUT2D eigenvalue weighted by atomic mass is 16.5. The Labute approximate surface area is 124 Å². The van der Waals surface area contributed by atoms with E-state index in [0.29, 0.717) is 12.4 Å². The lowest BCUT2D eigenvalue weighted by molar-refractivity contribution is -0.147. The molecule has 1 aromatic carbocycles. The van der Waals surface area contributed by atoms with Crippen molar-refractivity contribution in [3.63, 3.8) is 0 Å². The van der Waals surface area contributed by atoms with E-state index in [0.717, 1.165) is 12.8 Å². The average Bonchev–Trinajstić information content (AvgIpc) is 2.92. The van der Waals surface area contributed by atoms with Crippen LogP contribution in [0.4, 0.5) is 0 Å². The van der Waals surface area contributed by atoms with Gasteiger partial charge in [-0.25, -0.2) is 4.79 Å². The second-order valence-corrected chi connectivity index (χ2v) is 5.11. The highest BCUT2D eigenvalue weighted by molar-refractivity contribution is 5.84. The van der Waals surface area contributed by atoms with Crippen LogP contribution in [0.3, 0.4) is 0 Å². The summed E-state index contributed by atoms with van der Waals surface area (Å²) in [5.41, 5.74) is 2.66. The lowest BCUT2D eigenvalue weighted by atomic mass is 10.1. The van der Waals surface area contributed by atoms with Crippen molar-refractivity contribution in [2.75, 3.05) is 13.2 Å². The van der Waals surface area contributed by atoms with E-state index >= 15 is 0 Å². The lowest BCUT2D eigenvalue weighted by Gasteiger charge is -2.13. The van der Waals surface area contributed by atoms with Gasteiger partial charge in [0, 0.05) is 0 Å². The van der Waals surface area contributed by atoms with Crippen LogP contribution < -0.4 is 10.1 Å². The van der Waals surface area contributed by atoms with Crippen LogP contribution in [-0.4, -0.2) is 31.1 Å². The lowest BCUT2D eigenvalue weighted by Crippen LogP contribution is -2.41. The third kappa shape index (κ3) is 4.21. The summed E-state index contributed by atoms with van der Waals surface area (Å²) in [4.78, 5) is 23.1. The smallest absolute Gasteiger partial charge is 0.328 e.